The Bertz CT molecular complexity index is 756. The highest BCUT2D eigenvalue weighted by Gasteiger charge is 2.16. The van der Waals surface area contributed by atoms with Gasteiger partial charge in [0.05, 0.1) is 17.9 Å². The van der Waals surface area contributed by atoms with Crippen LogP contribution in [0.3, 0.4) is 0 Å². The van der Waals surface area contributed by atoms with Crippen LogP contribution in [0.15, 0.2) is 40.6 Å². The van der Waals surface area contributed by atoms with Gasteiger partial charge < -0.3 is 15.4 Å². The van der Waals surface area contributed by atoms with Crippen LogP contribution in [0.2, 0.25) is 0 Å². The summed E-state index contributed by atoms with van der Waals surface area (Å²) < 4.78 is 4.96. The normalized spacial score (nSPS) is 10.2. The van der Waals surface area contributed by atoms with Crippen LogP contribution in [0.25, 0.3) is 0 Å². The molecule has 2 aromatic rings. The van der Waals surface area contributed by atoms with Crippen molar-refractivity contribution < 1.29 is 19.1 Å². The van der Waals surface area contributed by atoms with Crippen molar-refractivity contribution in [2.24, 2.45) is 0 Å². The number of anilines is 2. The van der Waals surface area contributed by atoms with Gasteiger partial charge in [0.25, 0.3) is 0 Å². The highest BCUT2D eigenvalue weighted by Crippen LogP contribution is 2.25. The molecule has 132 valence electrons. The van der Waals surface area contributed by atoms with Gasteiger partial charge in [-0.3, -0.25) is 9.59 Å². The molecular formula is C17H18N2O4S2. The molecular weight excluding hydrogens is 360 g/mol. The average molecular weight is 378 g/mol. The first-order valence-corrected chi connectivity index (χ1v) is 9.41. The zero-order valence-electron chi connectivity index (χ0n) is 13.8. The third-order valence-electron chi connectivity index (χ3n) is 2.96. The molecule has 2 rings (SSSR count). The SMILES string of the molecule is CCOC(=O)c1ccsc1NC(=O)CSc1ccc(NC(C)=O)cc1. The topological polar surface area (TPSA) is 84.5 Å². The van der Waals surface area contributed by atoms with Crippen molar-refractivity contribution in [3.05, 3.63) is 41.3 Å². The Morgan fingerprint density at radius 1 is 1.12 bits per heavy atom. The van der Waals surface area contributed by atoms with Gasteiger partial charge in [0.2, 0.25) is 11.8 Å². The molecule has 1 aromatic heterocycles. The fourth-order valence-corrected chi connectivity index (χ4v) is 3.41. The second-order valence-electron chi connectivity index (χ2n) is 4.93. The van der Waals surface area contributed by atoms with E-state index in [1.54, 1.807) is 30.5 Å². The van der Waals surface area contributed by atoms with Gasteiger partial charge in [-0.2, -0.15) is 0 Å². The van der Waals surface area contributed by atoms with Gasteiger partial charge in [0, 0.05) is 17.5 Å². The number of hydrogen-bond donors (Lipinski definition) is 2. The lowest BCUT2D eigenvalue weighted by molar-refractivity contribution is -0.114. The first-order valence-electron chi connectivity index (χ1n) is 7.54. The summed E-state index contributed by atoms with van der Waals surface area (Å²) in [5.41, 5.74) is 1.07. The second-order valence-corrected chi connectivity index (χ2v) is 6.89. The summed E-state index contributed by atoms with van der Waals surface area (Å²) in [5, 5.41) is 7.64. The van der Waals surface area contributed by atoms with Crippen LogP contribution in [0.1, 0.15) is 24.2 Å². The number of carbonyl (C=O) groups excluding carboxylic acids is 3. The van der Waals surface area contributed by atoms with Crippen LogP contribution in [0.4, 0.5) is 10.7 Å². The third-order valence-corrected chi connectivity index (χ3v) is 4.80. The van der Waals surface area contributed by atoms with E-state index in [2.05, 4.69) is 10.6 Å². The number of benzene rings is 1. The zero-order chi connectivity index (χ0) is 18.2. The summed E-state index contributed by atoms with van der Waals surface area (Å²) >= 11 is 2.65. The molecule has 2 N–H and O–H groups in total. The molecule has 0 spiro atoms. The maximum atomic E-state index is 12.1. The van der Waals surface area contributed by atoms with E-state index in [9.17, 15) is 14.4 Å². The monoisotopic (exact) mass is 378 g/mol. The first kappa shape index (κ1) is 19.0. The molecule has 1 heterocycles. The summed E-state index contributed by atoms with van der Waals surface area (Å²) in [6, 6.07) is 8.85. The predicted molar refractivity (Wildman–Crippen MR) is 100 cm³/mol. The molecule has 0 unspecified atom stereocenters. The van der Waals surface area contributed by atoms with Crippen molar-refractivity contribution in [3.63, 3.8) is 0 Å². The van der Waals surface area contributed by atoms with E-state index < -0.39 is 5.97 Å². The van der Waals surface area contributed by atoms with Crippen LogP contribution in [-0.2, 0) is 14.3 Å². The number of rotatable bonds is 7. The van der Waals surface area contributed by atoms with E-state index in [1.165, 1.54) is 30.0 Å². The van der Waals surface area contributed by atoms with Crippen molar-refractivity contribution in [2.45, 2.75) is 18.7 Å². The molecule has 0 aliphatic rings. The van der Waals surface area contributed by atoms with Crippen molar-refractivity contribution in [3.8, 4) is 0 Å². The van der Waals surface area contributed by atoms with E-state index in [4.69, 9.17) is 4.74 Å². The number of hydrogen-bond acceptors (Lipinski definition) is 6. The number of amides is 2. The minimum Gasteiger partial charge on any atom is -0.462 e. The van der Waals surface area contributed by atoms with Crippen LogP contribution < -0.4 is 10.6 Å². The van der Waals surface area contributed by atoms with E-state index >= 15 is 0 Å². The van der Waals surface area contributed by atoms with Crippen LogP contribution >= 0.6 is 23.1 Å². The minimum atomic E-state index is -0.444. The predicted octanol–water partition coefficient (Wildman–Crippen LogP) is 3.61. The molecule has 0 saturated carbocycles. The largest absolute Gasteiger partial charge is 0.462 e. The molecule has 0 radical (unpaired) electrons. The smallest absolute Gasteiger partial charge is 0.341 e. The first-order chi connectivity index (χ1) is 12.0. The fraction of sp³-hybridized carbons (Fsp3) is 0.235. The Morgan fingerprint density at radius 2 is 1.84 bits per heavy atom. The van der Waals surface area contributed by atoms with E-state index in [0.717, 1.165) is 4.90 Å². The van der Waals surface area contributed by atoms with Gasteiger partial charge in [-0.15, -0.1) is 23.1 Å². The quantitative estimate of drug-likeness (QED) is 0.568. The maximum absolute atomic E-state index is 12.1. The molecule has 0 atom stereocenters. The van der Waals surface area contributed by atoms with Crippen molar-refractivity contribution in [1.29, 1.82) is 0 Å². The highest BCUT2D eigenvalue weighted by molar-refractivity contribution is 8.00. The van der Waals surface area contributed by atoms with E-state index in [1.807, 2.05) is 12.1 Å². The van der Waals surface area contributed by atoms with Crippen molar-refractivity contribution >= 4 is 51.6 Å². The molecule has 0 bridgehead atoms. The number of ether oxygens (including phenoxy) is 1. The van der Waals surface area contributed by atoms with Gasteiger partial charge in [-0.05, 0) is 42.6 Å². The van der Waals surface area contributed by atoms with Crippen molar-refractivity contribution in [2.75, 3.05) is 23.0 Å². The summed E-state index contributed by atoms with van der Waals surface area (Å²) in [4.78, 5) is 35.8. The van der Waals surface area contributed by atoms with Gasteiger partial charge >= 0.3 is 5.97 Å². The Kier molecular flexibility index (Phi) is 7.03. The van der Waals surface area contributed by atoms with Gasteiger partial charge in [-0.1, -0.05) is 0 Å². The summed E-state index contributed by atoms with van der Waals surface area (Å²) in [6.45, 7) is 3.46. The highest BCUT2D eigenvalue weighted by atomic mass is 32.2. The molecule has 6 nitrogen and oxygen atoms in total. The Labute approximate surface area is 154 Å². The Morgan fingerprint density at radius 3 is 2.48 bits per heavy atom. The molecule has 0 aliphatic heterocycles. The molecule has 25 heavy (non-hydrogen) atoms. The molecule has 2 amide bonds. The number of nitrogens with one attached hydrogen (secondary N) is 2. The Hall–Kier alpha value is -2.32. The summed E-state index contributed by atoms with van der Waals surface area (Å²) in [6.07, 6.45) is 0. The maximum Gasteiger partial charge on any atom is 0.341 e. The zero-order valence-corrected chi connectivity index (χ0v) is 15.5. The molecule has 8 heteroatoms. The third kappa shape index (κ3) is 5.91. The molecule has 0 saturated heterocycles. The van der Waals surface area contributed by atoms with Crippen LogP contribution in [0, 0.1) is 0 Å². The fourth-order valence-electron chi connectivity index (χ4n) is 1.93. The lowest BCUT2D eigenvalue weighted by Gasteiger charge is -2.07. The van der Waals surface area contributed by atoms with Gasteiger partial charge in [0.15, 0.2) is 0 Å². The number of carbonyl (C=O) groups is 3. The van der Waals surface area contributed by atoms with E-state index in [0.29, 0.717) is 16.3 Å². The van der Waals surface area contributed by atoms with Gasteiger partial charge in [-0.25, -0.2) is 4.79 Å². The lowest BCUT2D eigenvalue weighted by Crippen LogP contribution is -2.15. The number of thioether (sulfide) groups is 1. The number of esters is 1. The molecule has 0 aliphatic carbocycles. The standard InChI is InChI=1S/C17H18N2O4S2/c1-3-23-17(22)14-8-9-24-16(14)19-15(21)10-25-13-6-4-12(5-7-13)18-11(2)20/h4-9H,3,10H2,1-2H3,(H,18,20)(H,19,21). The molecule has 1 aromatic carbocycles. The Balaban J connectivity index is 1.88. The van der Waals surface area contributed by atoms with Crippen molar-refractivity contribution in [1.82, 2.24) is 0 Å². The second kappa shape index (κ2) is 9.24. The van der Waals surface area contributed by atoms with Crippen LogP contribution in [0.5, 0.6) is 0 Å². The molecule has 0 fully saturated rings. The van der Waals surface area contributed by atoms with E-state index in [-0.39, 0.29) is 24.2 Å². The summed E-state index contributed by atoms with van der Waals surface area (Å²) in [7, 11) is 0. The minimum absolute atomic E-state index is 0.131. The summed E-state index contributed by atoms with van der Waals surface area (Å²) in [5.74, 6) is -0.572. The lowest BCUT2D eigenvalue weighted by atomic mass is 10.3. The average Bonchev–Trinajstić information content (AvgIpc) is 3.02. The van der Waals surface area contributed by atoms with Crippen LogP contribution in [-0.4, -0.2) is 30.1 Å². The number of thiophene rings is 1. The van der Waals surface area contributed by atoms with Gasteiger partial charge in [0.1, 0.15) is 5.00 Å².